The first-order valence-corrected chi connectivity index (χ1v) is 19.9. The first-order chi connectivity index (χ1) is 28.8. The fourth-order valence-electron chi connectivity index (χ4n) is 8.78. The highest BCUT2D eigenvalue weighted by atomic mass is 15.1. The van der Waals surface area contributed by atoms with E-state index in [2.05, 4.69) is 240 Å². The number of fused-ring (bicyclic) bond motifs is 6. The molecule has 1 aromatic heterocycles. The molecule has 272 valence electrons. The maximum atomic E-state index is 2.41. The van der Waals surface area contributed by atoms with Crippen molar-refractivity contribution in [2.24, 2.45) is 0 Å². The van der Waals surface area contributed by atoms with Gasteiger partial charge in [0.25, 0.3) is 0 Å². The normalized spacial score (nSPS) is 11.4. The third-order valence-electron chi connectivity index (χ3n) is 11.6. The Hall–Kier alpha value is -7.68. The van der Waals surface area contributed by atoms with Gasteiger partial charge in [-0.25, -0.2) is 0 Å². The van der Waals surface area contributed by atoms with Gasteiger partial charge in [-0.15, -0.1) is 0 Å². The summed E-state index contributed by atoms with van der Waals surface area (Å²) in [4.78, 5) is 2.41. The van der Waals surface area contributed by atoms with Crippen molar-refractivity contribution in [3.05, 3.63) is 231 Å². The Labute approximate surface area is 338 Å². The molecule has 11 rings (SSSR count). The van der Waals surface area contributed by atoms with Gasteiger partial charge in [0.2, 0.25) is 0 Å². The number of rotatable bonds is 7. The monoisotopic (exact) mass is 738 g/mol. The molecule has 0 radical (unpaired) electrons. The van der Waals surface area contributed by atoms with Crippen LogP contribution in [0.1, 0.15) is 0 Å². The number of anilines is 3. The zero-order chi connectivity index (χ0) is 38.4. The molecule has 0 N–H and O–H groups in total. The lowest BCUT2D eigenvalue weighted by atomic mass is 9.98. The van der Waals surface area contributed by atoms with Crippen LogP contribution in [0.25, 0.3) is 82.4 Å². The lowest BCUT2D eigenvalue weighted by Gasteiger charge is -2.28. The van der Waals surface area contributed by atoms with Gasteiger partial charge < -0.3 is 9.47 Å². The van der Waals surface area contributed by atoms with E-state index >= 15 is 0 Å². The molecule has 0 fully saturated rings. The second-order valence-corrected chi connectivity index (χ2v) is 15.0. The van der Waals surface area contributed by atoms with Gasteiger partial charge in [-0.1, -0.05) is 170 Å². The van der Waals surface area contributed by atoms with Crippen LogP contribution in [-0.4, -0.2) is 4.57 Å². The van der Waals surface area contributed by atoms with Crippen LogP contribution in [0.15, 0.2) is 231 Å². The van der Waals surface area contributed by atoms with E-state index in [1.54, 1.807) is 0 Å². The van der Waals surface area contributed by atoms with Crippen molar-refractivity contribution in [2.45, 2.75) is 0 Å². The van der Waals surface area contributed by atoms with Gasteiger partial charge >= 0.3 is 0 Å². The Balaban J connectivity index is 1.02. The van der Waals surface area contributed by atoms with Crippen LogP contribution in [0.4, 0.5) is 17.1 Å². The third kappa shape index (κ3) is 5.82. The standard InChI is InChI=1S/C56H38N2/c1-3-13-39(14-4-1)41-27-32-47(33-28-41)57(55-24-12-18-44-26-25-43-17-7-8-21-50(43)56(44)55)48-34-29-42(30-35-48)46-31-36-54-52(38-46)51-22-9-10-23-53(51)58(54)49-20-11-19-45(37-49)40-15-5-2-6-16-40/h1-38H. The third-order valence-corrected chi connectivity index (χ3v) is 11.6. The van der Waals surface area contributed by atoms with E-state index in [1.165, 1.54) is 76.7 Å². The Morgan fingerprint density at radius 3 is 1.53 bits per heavy atom. The van der Waals surface area contributed by atoms with E-state index in [4.69, 9.17) is 0 Å². The minimum atomic E-state index is 1.10. The number of aromatic nitrogens is 1. The molecular weight excluding hydrogens is 701 g/mol. The van der Waals surface area contributed by atoms with Gasteiger partial charge in [-0.3, -0.25) is 0 Å². The Morgan fingerprint density at radius 1 is 0.293 bits per heavy atom. The molecular formula is C56H38N2. The summed E-state index contributed by atoms with van der Waals surface area (Å²) in [6.07, 6.45) is 0. The van der Waals surface area contributed by atoms with Crippen molar-refractivity contribution in [1.82, 2.24) is 4.57 Å². The molecule has 0 atom stereocenters. The fraction of sp³-hybridized carbons (Fsp3) is 0. The quantitative estimate of drug-likeness (QED) is 0.148. The molecule has 0 aliphatic rings. The highest BCUT2D eigenvalue weighted by molar-refractivity contribution is 6.15. The molecule has 0 bridgehead atoms. The molecule has 2 nitrogen and oxygen atoms in total. The Morgan fingerprint density at radius 2 is 0.793 bits per heavy atom. The summed E-state index contributed by atoms with van der Waals surface area (Å²) in [7, 11) is 0. The summed E-state index contributed by atoms with van der Waals surface area (Å²) in [5, 5.41) is 7.43. The van der Waals surface area contributed by atoms with E-state index in [-0.39, 0.29) is 0 Å². The average Bonchev–Trinajstić information content (AvgIpc) is 3.64. The highest BCUT2D eigenvalue weighted by Crippen LogP contribution is 2.43. The van der Waals surface area contributed by atoms with Gasteiger partial charge in [0.15, 0.2) is 0 Å². The molecule has 2 heteroatoms. The zero-order valence-corrected chi connectivity index (χ0v) is 31.8. The molecule has 1 heterocycles. The SMILES string of the molecule is c1ccc(-c2ccc(N(c3ccc(-c4ccc5c(c4)c4ccccc4n5-c4cccc(-c5ccccc5)c4)cc3)c3cccc4ccc5ccccc5c34)cc2)cc1. The number of hydrogen-bond donors (Lipinski definition) is 0. The fourth-order valence-corrected chi connectivity index (χ4v) is 8.78. The van der Waals surface area contributed by atoms with Crippen molar-refractivity contribution in [3.8, 4) is 39.1 Å². The molecule has 0 aliphatic carbocycles. The lowest BCUT2D eigenvalue weighted by Crippen LogP contribution is -2.10. The van der Waals surface area contributed by atoms with Crippen LogP contribution in [-0.2, 0) is 0 Å². The number of hydrogen-bond acceptors (Lipinski definition) is 1. The molecule has 0 aliphatic heterocycles. The molecule has 0 amide bonds. The summed E-state index contributed by atoms with van der Waals surface area (Å²) in [6.45, 7) is 0. The average molecular weight is 739 g/mol. The largest absolute Gasteiger partial charge is 0.310 e. The summed E-state index contributed by atoms with van der Waals surface area (Å²) in [6, 6.07) is 83.6. The predicted octanol–water partition coefficient (Wildman–Crippen LogP) is 15.6. The maximum absolute atomic E-state index is 2.41. The van der Waals surface area contributed by atoms with Crippen LogP contribution in [0.5, 0.6) is 0 Å². The number of para-hydroxylation sites is 1. The van der Waals surface area contributed by atoms with Crippen molar-refractivity contribution in [2.75, 3.05) is 4.90 Å². The molecule has 0 saturated carbocycles. The molecule has 58 heavy (non-hydrogen) atoms. The predicted molar refractivity (Wildman–Crippen MR) is 247 cm³/mol. The topological polar surface area (TPSA) is 8.17 Å². The van der Waals surface area contributed by atoms with Crippen molar-refractivity contribution >= 4 is 60.4 Å². The Kier molecular flexibility index (Phi) is 8.19. The minimum Gasteiger partial charge on any atom is -0.310 e. The van der Waals surface area contributed by atoms with E-state index < -0.39 is 0 Å². The van der Waals surface area contributed by atoms with Crippen molar-refractivity contribution < 1.29 is 0 Å². The van der Waals surface area contributed by atoms with Gasteiger partial charge in [0.1, 0.15) is 0 Å². The first-order valence-electron chi connectivity index (χ1n) is 19.9. The summed E-state index contributed by atoms with van der Waals surface area (Å²) in [5.74, 6) is 0. The van der Waals surface area contributed by atoms with Gasteiger partial charge in [-0.05, 0) is 110 Å². The van der Waals surface area contributed by atoms with Crippen LogP contribution in [0, 0.1) is 0 Å². The number of benzene rings is 10. The number of nitrogens with zero attached hydrogens (tertiary/aromatic N) is 2. The van der Waals surface area contributed by atoms with Gasteiger partial charge in [-0.2, -0.15) is 0 Å². The van der Waals surface area contributed by atoms with Crippen LogP contribution in [0.3, 0.4) is 0 Å². The lowest BCUT2D eigenvalue weighted by molar-refractivity contribution is 1.18. The highest BCUT2D eigenvalue weighted by Gasteiger charge is 2.18. The minimum absolute atomic E-state index is 1.10. The van der Waals surface area contributed by atoms with E-state index in [9.17, 15) is 0 Å². The van der Waals surface area contributed by atoms with Gasteiger partial charge in [0, 0.05) is 33.2 Å². The summed E-state index contributed by atoms with van der Waals surface area (Å²) < 4.78 is 2.40. The summed E-state index contributed by atoms with van der Waals surface area (Å²) in [5.41, 5.74) is 14.1. The van der Waals surface area contributed by atoms with Crippen LogP contribution >= 0.6 is 0 Å². The van der Waals surface area contributed by atoms with Gasteiger partial charge in [0.05, 0.1) is 16.7 Å². The van der Waals surface area contributed by atoms with Crippen LogP contribution in [0.2, 0.25) is 0 Å². The maximum Gasteiger partial charge on any atom is 0.0546 e. The van der Waals surface area contributed by atoms with E-state index in [0.29, 0.717) is 0 Å². The smallest absolute Gasteiger partial charge is 0.0546 e. The van der Waals surface area contributed by atoms with Crippen molar-refractivity contribution in [1.29, 1.82) is 0 Å². The molecule has 0 saturated heterocycles. The Bertz CT molecular complexity index is 3250. The van der Waals surface area contributed by atoms with E-state index in [0.717, 1.165) is 22.7 Å². The van der Waals surface area contributed by atoms with Crippen LogP contribution < -0.4 is 4.90 Å². The summed E-state index contributed by atoms with van der Waals surface area (Å²) >= 11 is 0. The second-order valence-electron chi connectivity index (χ2n) is 15.0. The van der Waals surface area contributed by atoms with E-state index in [1.807, 2.05) is 0 Å². The molecule has 11 aromatic rings. The molecule has 0 spiro atoms. The first kappa shape index (κ1) is 33.6. The molecule has 10 aromatic carbocycles. The zero-order valence-electron chi connectivity index (χ0n) is 31.8. The second kappa shape index (κ2) is 14.1. The molecule has 0 unspecified atom stereocenters. The van der Waals surface area contributed by atoms with Crippen molar-refractivity contribution in [3.63, 3.8) is 0 Å².